The van der Waals surface area contributed by atoms with Gasteiger partial charge in [-0.2, -0.15) is 15.0 Å². The first-order chi connectivity index (χ1) is 10.2. The molecule has 0 radical (unpaired) electrons. The van der Waals surface area contributed by atoms with Gasteiger partial charge in [0, 0.05) is 26.2 Å². The van der Waals surface area contributed by atoms with Crippen LogP contribution in [-0.2, 0) is 0 Å². The van der Waals surface area contributed by atoms with Crippen molar-refractivity contribution in [3.8, 4) is 0 Å². The first kappa shape index (κ1) is 15.8. The highest BCUT2D eigenvalue weighted by Crippen LogP contribution is 2.25. The van der Waals surface area contributed by atoms with Crippen LogP contribution in [0.25, 0.3) is 0 Å². The number of nitrogens with two attached hydrogens (primary N) is 1. The van der Waals surface area contributed by atoms with Crippen LogP contribution < -0.4 is 21.1 Å². The van der Waals surface area contributed by atoms with Crippen LogP contribution >= 0.6 is 0 Å². The van der Waals surface area contributed by atoms with Gasteiger partial charge in [-0.15, -0.1) is 0 Å². The lowest BCUT2D eigenvalue weighted by Gasteiger charge is -2.31. The zero-order valence-electron chi connectivity index (χ0n) is 13.3. The summed E-state index contributed by atoms with van der Waals surface area (Å²) in [5.74, 6) is 7.31. The zero-order valence-corrected chi connectivity index (χ0v) is 13.3. The van der Waals surface area contributed by atoms with Gasteiger partial charge in [0.1, 0.15) is 0 Å². The van der Waals surface area contributed by atoms with Gasteiger partial charge in [-0.25, -0.2) is 5.84 Å². The first-order valence-electron chi connectivity index (χ1n) is 7.90. The molecule has 0 aromatic carbocycles. The lowest BCUT2D eigenvalue weighted by atomic mass is 9.95. The highest BCUT2D eigenvalue weighted by atomic mass is 15.4. The molecule has 7 nitrogen and oxygen atoms in total. The molecule has 118 valence electrons. The third-order valence-electron chi connectivity index (χ3n) is 4.23. The molecule has 1 fully saturated rings. The summed E-state index contributed by atoms with van der Waals surface area (Å²) in [4.78, 5) is 17.7. The summed E-state index contributed by atoms with van der Waals surface area (Å²) in [6, 6.07) is 0.510. The fourth-order valence-electron chi connectivity index (χ4n) is 2.86. The van der Waals surface area contributed by atoms with Crippen molar-refractivity contribution in [3.63, 3.8) is 0 Å². The molecular weight excluding hydrogens is 266 g/mol. The van der Waals surface area contributed by atoms with Crippen molar-refractivity contribution in [2.45, 2.75) is 52.0 Å². The Balaban J connectivity index is 2.26. The second-order valence-electron chi connectivity index (χ2n) is 5.48. The average molecular weight is 293 g/mol. The van der Waals surface area contributed by atoms with E-state index < -0.39 is 0 Å². The van der Waals surface area contributed by atoms with Crippen molar-refractivity contribution < 1.29 is 0 Å². The summed E-state index contributed by atoms with van der Waals surface area (Å²) in [7, 11) is 2.07. The van der Waals surface area contributed by atoms with E-state index in [0.717, 1.165) is 13.1 Å². The first-order valence-corrected chi connectivity index (χ1v) is 7.90. The minimum Gasteiger partial charge on any atom is -0.341 e. The number of aromatic nitrogens is 3. The smallest absolute Gasteiger partial charge is 0.243 e. The monoisotopic (exact) mass is 293 g/mol. The number of nitrogen functional groups attached to an aromatic ring is 1. The molecule has 0 unspecified atom stereocenters. The quantitative estimate of drug-likeness (QED) is 0.611. The highest BCUT2D eigenvalue weighted by molar-refractivity contribution is 5.45. The van der Waals surface area contributed by atoms with E-state index in [-0.39, 0.29) is 0 Å². The largest absolute Gasteiger partial charge is 0.341 e. The van der Waals surface area contributed by atoms with Gasteiger partial charge >= 0.3 is 0 Å². The van der Waals surface area contributed by atoms with E-state index in [2.05, 4.69) is 51.1 Å². The van der Waals surface area contributed by atoms with E-state index in [9.17, 15) is 0 Å². The maximum Gasteiger partial charge on any atom is 0.243 e. The number of rotatable bonds is 6. The molecule has 1 aliphatic rings. The minimum atomic E-state index is 0.421. The predicted octanol–water partition coefficient (Wildman–Crippen LogP) is 1.77. The lowest BCUT2D eigenvalue weighted by Crippen LogP contribution is -2.35. The Labute approximate surface area is 126 Å². The molecule has 1 saturated carbocycles. The molecule has 3 N–H and O–H groups in total. The van der Waals surface area contributed by atoms with Crippen LogP contribution in [0.2, 0.25) is 0 Å². The van der Waals surface area contributed by atoms with E-state index in [4.69, 9.17) is 5.84 Å². The Morgan fingerprint density at radius 2 is 1.67 bits per heavy atom. The molecule has 0 aliphatic heterocycles. The van der Waals surface area contributed by atoms with E-state index in [1.807, 2.05) is 0 Å². The molecule has 0 spiro atoms. The van der Waals surface area contributed by atoms with Gasteiger partial charge in [0.25, 0.3) is 0 Å². The Morgan fingerprint density at radius 1 is 1.05 bits per heavy atom. The number of nitrogens with zero attached hydrogens (tertiary/aromatic N) is 5. The van der Waals surface area contributed by atoms with Gasteiger partial charge in [-0.05, 0) is 26.7 Å². The lowest BCUT2D eigenvalue weighted by molar-refractivity contribution is 0.424. The molecule has 0 amide bonds. The molecule has 1 aliphatic carbocycles. The summed E-state index contributed by atoms with van der Waals surface area (Å²) >= 11 is 0. The van der Waals surface area contributed by atoms with Gasteiger partial charge < -0.3 is 9.80 Å². The highest BCUT2D eigenvalue weighted by Gasteiger charge is 2.22. The molecule has 1 aromatic heterocycles. The maximum atomic E-state index is 5.51. The molecule has 0 bridgehead atoms. The van der Waals surface area contributed by atoms with Crippen molar-refractivity contribution in [3.05, 3.63) is 0 Å². The van der Waals surface area contributed by atoms with Crippen LogP contribution in [0.1, 0.15) is 46.0 Å². The van der Waals surface area contributed by atoms with Gasteiger partial charge in [-0.3, -0.25) is 5.43 Å². The van der Waals surface area contributed by atoms with Crippen LogP contribution in [0.3, 0.4) is 0 Å². The third kappa shape index (κ3) is 3.72. The maximum absolute atomic E-state index is 5.51. The van der Waals surface area contributed by atoms with Crippen LogP contribution in [0, 0.1) is 0 Å². The van der Waals surface area contributed by atoms with Crippen molar-refractivity contribution in [2.24, 2.45) is 5.84 Å². The summed E-state index contributed by atoms with van der Waals surface area (Å²) in [5.41, 5.74) is 2.55. The fourth-order valence-corrected chi connectivity index (χ4v) is 2.86. The van der Waals surface area contributed by atoms with E-state index in [1.165, 1.54) is 32.1 Å². The Bertz CT molecular complexity index is 441. The SMILES string of the molecule is CCN(CC)c1nc(NN)nc(N(C)C2CCCCC2)n1. The van der Waals surface area contributed by atoms with E-state index in [0.29, 0.717) is 23.9 Å². The summed E-state index contributed by atoms with van der Waals surface area (Å²) in [6.45, 7) is 5.90. The normalized spacial score (nSPS) is 15.8. The summed E-state index contributed by atoms with van der Waals surface area (Å²) in [5, 5.41) is 0. The fraction of sp³-hybridized carbons (Fsp3) is 0.786. The second kappa shape index (κ2) is 7.40. The molecule has 1 aromatic rings. The Morgan fingerprint density at radius 3 is 2.24 bits per heavy atom. The molecule has 0 atom stereocenters. The second-order valence-corrected chi connectivity index (χ2v) is 5.48. The van der Waals surface area contributed by atoms with Crippen molar-refractivity contribution in [2.75, 3.05) is 35.4 Å². The standard InChI is InChI=1S/C14H27N7/c1-4-21(5-2)14-17-12(19-15)16-13(18-14)20(3)11-9-7-6-8-10-11/h11H,4-10,15H2,1-3H3,(H,16,17,18,19). The predicted molar refractivity (Wildman–Crippen MR) is 86.5 cm³/mol. The third-order valence-corrected chi connectivity index (χ3v) is 4.23. The molecule has 1 heterocycles. The zero-order chi connectivity index (χ0) is 15.2. The van der Waals surface area contributed by atoms with Gasteiger partial charge in [-0.1, -0.05) is 19.3 Å². The summed E-state index contributed by atoms with van der Waals surface area (Å²) in [6.07, 6.45) is 6.31. The molecule has 7 heteroatoms. The number of hydrazine groups is 1. The van der Waals surface area contributed by atoms with Crippen LogP contribution in [0.15, 0.2) is 0 Å². The van der Waals surface area contributed by atoms with Crippen LogP contribution in [0.5, 0.6) is 0 Å². The molecule has 0 saturated heterocycles. The molecule has 2 rings (SSSR count). The van der Waals surface area contributed by atoms with E-state index in [1.54, 1.807) is 0 Å². The Hall–Kier alpha value is -1.63. The average Bonchev–Trinajstić information content (AvgIpc) is 2.55. The Kier molecular flexibility index (Phi) is 5.55. The number of hydrogen-bond acceptors (Lipinski definition) is 7. The van der Waals surface area contributed by atoms with Crippen LogP contribution in [-0.4, -0.2) is 41.1 Å². The van der Waals surface area contributed by atoms with Crippen molar-refractivity contribution in [1.29, 1.82) is 0 Å². The number of hydrogen-bond donors (Lipinski definition) is 2. The topological polar surface area (TPSA) is 83.2 Å². The van der Waals surface area contributed by atoms with Crippen molar-refractivity contribution >= 4 is 17.8 Å². The minimum absolute atomic E-state index is 0.421. The van der Waals surface area contributed by atoms with Gasteiger partial charge in [0.05, 0.1) is 0 Å². The number of anilines is 3. The number of nitrogens with one attached hydrogen (secondary N) is 1. The molecular formula is C14H27N7. The van der Waals surface area contributed by atoms with E-state index >= 15 is 0 Å². The molecule has 21 heavy (non-hydrogen) atoms. The van der Waals surface area contributed by atoms with Gasteiger partial charge in [0.15, 0.2) is 0 Å². The van der Waals surface area contributed by atoms with Crippen LogP contribution in [0.4, 0.5) is 17.8 Å². The van der Waals surface area contributed by atoms with Gasteiger partial charge in [0.2, 0.25) is 17.8 Å². The van der Waals surface area contributed by atoms with Crippen molar-refractivity contribution in [1.82, 2.24) is 15.0 Å². The summed E-state index contributed by atoms with van der Waals surface area (Å²) < 4.78 is 0.